The maximum atomic E-state index is 14.1. The summed E-state index contributed by atoms with van der Waals surface area (Å²) in [6.45, 7) is 3.33. The number of carbonyl (C=O) groups is 2. The van der Waals surface area contributed by atoms with Gasteiger partial charge in [0, 0.05) is 22.5 Å². The molecule has 1 N–H and O–H groups in total. The van der Waals surface area contributed by atoms with Crippen molar-refractivity contribution in [3.05, 3.63) is 98.6 Å². The molecule has 0 saturated heterocycles. The smallest absolute Gasteiger partial charge is 0.356 e. The number of ether oxygens (including phenoxy) is 1. The van der Waals surface area contributed by atoms with E-state index in [9.17, 15) is 18.8 Å². The number of esters is 1. The maximum Gasteiger partial charge on any atom is 0.356 e. The van der Waals surface area contributed by atoms with Gasteiger partial charge in [-0.1, -0.05) is 64.0 Å². The van der Waals surface area contributed by atoms with E-state index in [1.165, 1.54) is 30.7 Å². The molecule has 0 saturated carbocycles. The number of anilines is 1. The Morgan fingerprint density at radius 3 is 2.34 bits per heavy atom. The van der Waals surface area contributed by atoms with Crippen molar-refractivity contribution in [2.45, 2.75) is 20.0 Å². The van der Waals surface area contributed by atoms with Crippen molar-refractivity contribution < 1.29 is 18.7 Å². The summed E-state index contributed by atoms with van der Waals surface area (Å²) in [6, 6.07) is 18.8. The number of hydrogen-bond acceptors (Lipinski definition) is 4. The Labute approximate surface area is 209 Å². The molecule has 4 rings (SSSR count). The van der Waals surface area contributed by atoms with Crippen LogP contribution in [0.2, 0.25) is 0 Å². The standard InChI is InChI=1S/C27H22BrFN2O4/c1-15-8-10-17(11-9-15)23-19-6-4-5-7-20(19)26(33)31(3)24(23)27(34)35-16(2)25(32)30-22-13-12-18(28)14-21(22)29/h4-14,16H,1-3H3,(H,30,32). The Bertz CT molecular complexity index is 1510. The van der Waals surface area contributed by atoms with Crippen LogP contribution in [0.15, 0.2) is 76.0 Å². The Hall–Kier alpha value is -3.78. The molecule has 178 valence electrons. The molecule has 0 spiro atoms. The average molecular weight is 537 g/mol. The number of amides is 1. The van der Waals surface area contributed by atoms with E-state index in [2.05, 4.69) is 21.2 Å². The van der Waals surface area contributed by atoms with Crippen molar-refractivity contribution in [3.63, 3.8) is 0 Å². The van der Waals surface area contributed by atoms with Gasteiger partial charge in [-0.05, 0) is 49.1 Å². The number of halogens is 2. The Morgan fingerprint density at radius 2 is 1.69 bits per heavy atom. The van der Waals surface area contributed by atoms with Crippen LogP contribution in [-0.2, 0) is 16.6 Å². The SMILES string of the molecule is Cc1ccc(-c2c(C(=O)OC(C)C(=O)Nc3ccc(Br)cc3F)n(C)c(=O)c3ccccc23)cc1. The zero-order valence-corrected chi connectivity index (χ0v) is 20.9. The lowest BCUT2D eigenvalue weighted by atomic mass is 9.96. The number of nitrogens with zero attached hydrogens (tertiary/aromatic N) is 1. The molecule has 0 aliphatic heterocycles. The first kappa shape index (κ1) is 24.3. The molecule has 8 heteroatoms. The van der Waals surface area contributed by atoms with Crippen LogP contribution in [0.1, 0.15) is 23.0 Å². The van der Waals surface area contributed by atoms with E-state index >= 15 is 0 Å². The van der Waals surface area contributed by atoms with E-state index in [0.29, 0.717) is 20.8 Å². The highest BCUT2D eigenvalue weighted by Crippen LogP contribution is 2.31. The molecule has 0 aliphatic carbocycles. The minimum atomic E-state index is -1.25. The van der Waals surface area contributed by atoms with E-state index in [1.807, 2.05) is 31.2 Å². The minimum absolute atomic E-state index is 0.0204. The van der Waals surface area contributed by atoms with Crippen molar-refractivity contribution in [2.75, 3.05) is 5.32 Å². The topological polar surface area (TPSA) is 77.4 Å². The Kier molecular flexibility index (Phi) is 6.84. The molecule has 0 radical (unpaired) electrons. The van der Waals surface area contributed by atoms with Crippen molar-refractivity contribution in [1.29, 1.82) is 0 Å². The molecule has 0 fully saturated rings. The molecule has 6 nitrogen and oxygen atoms in total. The maximum absolute atomic E-state index is 14.1. The Balaban J connectivity index is 1.73. The lowest BCUT2D eigenvalue weighted by Gasteiger charge is -2.19. The highest BCUT2D eigenvalue weighted by molar-refractivity contribution is 9.10. The number of aromatic nitrogens is 1. The van der Waals surface area contributed by atoms with Gasteiger partial charge in [0.2, 0.25) is 0 Å². The van der Waals surface area contributed by atoms with Crippen molar-refractivity contribution >= 4 is 44.3 Å². The number of benzene rings is 3. The molecular weight excluding hydrogens is 515 g/mol. The van der Waals surface area contributed by atoms with Crippen LogP contribution in [0, 0.1) is 12.7 Å². The second-order valence-corrected chi connectivity index (χ2v) is 9.08. The first-order valence-electron chi connectivity index (χ1n) is 10.8. The van der Waals surface area contributed by atoms with Crippen LogP contribution in [0.3, 0.4) is 0 Å². The van der Waals surface area contributed by atoms with Crippen LogP contribution in [0.25, 0.3) is 21.9 Å². The summed E-state index contributed by atoms with van der Waals surface area (Å²) in [5.41, 5.74) is 1.91. The summed E-state index contributed by atoms with van der Waals surface area (Å²) < 4.78 is 21.3. The largest absolute Gasteiger partial charge is 0.448 e. The number of rotatable bonds is 5. The monoisotopic (exact) mass is 536 g/mol. The van der Waals surface area contributed by atoms with Crippen LogP contribution in [-0.4, -0.2) is 22.5 Å². The molecule has 1 unspecified atom stereocenters. The predicted octanol–water partition coefficient (Wildman–Crippen LogP) is 5.60. The zero-order valence-electron chi connectivity index (χ0n) is 19.3. The van der Waals surface area contributed by atoms with Crippen LogP contribution in [0.5, 0.6) is 0 Å². The van der Waals surface area contributed by atoms with Crippen molar-refractivity contribution in [3.8, 4) is 11.1 Å². The van der Waals surface area contributed by atoms with E-state index in [1.54, 1.807) is 30.3 Å². The summed E-state index contributed by atoms with van der Waals surface area (Å²) in [4.78, 5) is 39.0. The first-order chi connectivity index (χ1) is 16.7. The quantitative estimate of drug-likeness (QED) is 0.337. The summed E-state index contributed by atoms with van der Waals surface area (Å²) in [5.74, 6) is -2.18. The van der Waals surface area contributed by atoms with Gasteiger partial charge in [-0.25, -0.2) is 9.18 Å². The predicted molar refractivity (Wildman–Crippen MR) is 137 cm³/mol. The van der Waals surface area contributed by atoms with Gasteiger partial charge in [-0.3, -0.25) is 9.59 Å². The van der Waals surface area contributed by atoms with E-state index in [-0.39, 0.29) is 16.9 Å². The number of carbonyl (C=O) groups excluding carboxylic acids is 2. The van der Waals surface area contributed by atoms with Gasteiger partial charge in [0.05, 0.1) is 5.69 Å². The highest BCUT2D eigenvalue weighted by atomic mass is 79.9. The number of fused-ring (bicyclic) bond motifs is 1. The third-order valence-electron chi connectivity index (χ3n) is 5.68. The molecule has 1 aromatic heterocycles. The van der Waals surface area contributed by atoms with Crippen LogP contribution < -0.4 is 10.9 Å². The van der Waals surface area contributed by atoms with Gasteiger partial charge in [0.15, 0.2) is 6.10 Å². The Morgan fingerprint density at radius 1 is 1.03 bits per heavy atom. The van der Waals surface area contributed by atoms with Gasteiger partial charge in [0.25, 0.3) is 11.5 Å². The van der Waals surface area contributed by atoms with Crippen molar-refractivity contribution in [2.24, 2.45) is 7.05 Å². The second-order valence-electron chi connectivity index (χ2n) is 8.16. The van der Waals surface area contributed by atoms with Crippen LogP contribution >= 0.6 is 15.9 Å². The fraction of sp³-hybridized carbons (Fsp3) is 0.148. The molecule has 0 bridgehead atoms. The number of aryl methyl sites for hydroxylation is 1. The van der Waals surface area contributed by atoms with Gasteiger partial charge in [0.1, 0.15) is 11.5 Å². The molecule has 35 heavy (non-hydrogen) atoms. The van der Waals surface area contributed by atoms with Gasteiger partial charge >= 0.3 is 5.97 Å². The lowest BCUT2D eigenvalue weighted by molar-refractivity contribution is -0.123. The molecule has 1 amide bonds. The van der Waals surface area contributed by atoms with E-state index in [0.717, 1.165) is 11.1 Å². The van der Waals surface area contributed by atoms with Gasteiger partial charge < -0.3 is 14.6 Å². The molecule has 4 aromatic rings. The summed E-state index contributed by atoms with van der Waals surface area (Å²) in [5, 5.41) is 3.48. The van der Waals surface area contributed by atoms with Gasteiger partial charge in [-0.2, -0.15) is 0 Å². The third-order valence-corrected chi connectivity index (χ3v) is 6.17. The first-order valence-corrected chi connectivity index (χ1v) is 11.6. The fourth-order valence-electron chi connectivity index (χ4n) is 3.81. The number of hydrogen-bond donors (Lipinski definition) is 1. The molecule has 1 heterocycles. The van der Waals surface area contributed by atoms with Crippen LogP contribution in [0.4, 0.5) is 10.1 Å². The lowest BCUT2D eigenvalue weighted by Crippen LogP contribution is -2.33. The molecule has 3 aromatic carbocycles. The summed E-state index contributed by atoms with van der Waals surface area (Å²) in [6.07, 6.45) is -1.25. The van der Waals surface area contributed by atoms with Crippen molar-refractivity contribution in [1.82, 2.24) is 4.57 Å². The minimum Gasteiger partial charge on any atom is -0.448 e. The van der Waals surface area contributed by atoms with E-state index in [4.69, 9.17) is 4.74 Å². The summed E-state index contributed by atoms with van der Waals surface area (Å²) >= 11 is 3.16. The number of pyridine rings is 1. The average Bonchev–Trinajstić information content (AvgIpc) is 2.83. The van der Waals surface area contributed by atoms with E-state index < -0.39 is 23.8 Å². The molecule has 1 atom stereocenters. The summed E-state index contributed by atoms with van der Waals surface area (Å²) in [7, 11) is 1.49. The normalized spacial score (nSPS) is 11.8. The van der Waals surface area contributed by atoms with Gasteiger partial charge in [-0.15, -0.1) is 0 Å². The third kappa shape index (κ3) is 4.88. The highest BCUT2D eigenvalue weighted by Gasteiger charge is 2.26. The molecular formula is C27H22BrFN2O4. The fourth-order valence-corrected chi connectivity index (χ4v) is 4.14. The zero-order chi connectivity index (χ0) is 25.3. The number of nitrogens with one attached hydrogen (secondary N) is 1. The second kappa shape index (κ2) is 9.84. The molecule has 0 aliphatic rings.